The molecule has 70 valence electrons. The molecule has 0 unspecified atom stereocenters. The molecule has 3 nitrogen and oxygen atoms in total. The molecule has 0 bridgehead atoms. The van der Waals surface area contributed by atoms with Crippen molar-refractivity contribution in [1.82, 2.24) is 4.90 Å². The number of halogens is 1. The van der Waals surface area contributed by atoms with Gasteiger partial charge in [-0.2, -0.15) is 0 Å². The van der Waals surface area contributed by atoms with Gasteiger partial charge in [0.05, 0.1) is 5.16 Å². The molecule has 0 aliphatic carbocycles. The minimum absolute atomic E-state index is 0.225. The molecule has 0 radical (unpaired) electrons. The fourth-order valence-corrected chi connectivity index (χ4v) is 0.831. The van der Waals surface area contributed by atoms with Crippen LogP contribution in [0, 0.1) is 0 Å². The van der Waals surface area contributed by atoms with Crippen LogP contribution < -0.4 is 0 Å². The van der Waals surface area contributed by atoms with E-state index in [-0.39, 0.29) is 6.42 Å². The molecule has 0 amide bonds. The van der Waals surface area contributed by atoms with Crippen molar-refractivity contribution < 1.29 is 9.90 Å². The van der Waals surface area contributed by atoms with Crippen LogP contribution in [0.3, 0.4) is 0 Å². The van der Waals surface area contributed by atoms with Crippen molar-refractivity contribution in [1.29, 1.82) is 0 Å². The Morgan fingerprint density at radius 2 is 2.17 bits per heavy atom. The third-order valence-electron chi connectivity index (χ3n) is 1.55. The first-order valence-corrected chi connectivity index (χ1v) is 4.19. The van der Waals surface area contributed by atoms with E-state index in [4.69, 9.17) is 16.7 Å². The number of carboxylic acids is 1. The standard InChI is InChI=1S/C8H14ClNO2/c1-7(9)10(2)6-4-3-5-8(11)12/h1,3-6H2,2H3,(H,11,12). The van der Waals surface area contributed by atoms with E-state index < -0.39 is 5.97 Å². The number of nitrogens with zero attached hydrogens (tertiary/aromatic N) is 1. The lowest BCUT2D eigenvalue weighted by molar-refractivity contribution is -0.137. The Bertz CT molecular complexity index is 170. The van der Waals surface area contributed by atoms with Gasteiger partial charge in [0.1, 0.15) is 0 Å². The molecule has 0 atom stereocenters. The van der Waals surface area contributed by atoms with Gasteiger partial charge >= 0.3 is 5.97 Å². The summed E-state index contributed by atoms with van der Waals surface area (Å²) in [5, 5.41) is 8.82. The van der Waals surface area contributed by atoms with Crippen molar-refractivity contribution in [3.63, 3.8) is 0 Å². The fourth-order valence-electron chi connectivity index (χ4n) is 0.747. The molecule has 0 spiro atoms. The molecule has 0 aromatic heterocycles. The van der Waals surface area contributed by atoms with Gasteiger partial charge in [0, 0.05) is 20.0 Å². The summed E-state index contributed by atoms with van der Waals surface area (Å²) < 4.78 is 0. The van der Waals surface area contributed by atoms with Gasteiger partial charge in [-0.05, 0) is 12.8 Å². The van der Waals surface area contributed by atoms with Crippen LogP contribution >= 0.6 is 11.6 Å². The number of aliphatic carboxylic acids is 1. The van der Waals surface area contributed by atoms with Gasteiger partial charge in [-0.25, -0.2) is 0 Å². The molecular formula is C8H14ClNO2. The van der Waals surface area contributed by atoms with E-state index in [1.165, 1.54) is 0 Å². The number of hydrogen-bond donors (Lipinski definition) is 1. The minimum Gasteiger partial charge on any atom is -0.481 e. The van der Waals surface area contributed by atoms with Gasteiger partial charge in [0.25, 0.3) is 0 Å². The highest BCUT2D eigenvalue weighted by atomic mass is 35.5. The van der Waals surface area contributed by atoms with Crippen molar-refractivity contribution >= 4 is 17.6 Å². The van der Waals surface area contributed by atoms with Crippen molar-refractivity contribution in [3.05, 3.63) is 11.7 Å². The van der Waals surface area contributed by atoms with E-state index in [1.54, 1.807) is 4.90 Å². The maximum absolute atomic E-state index is 10.1. The van der Waals surface area contributed by atoms with E-state index in [2.05, 4.69) is 6.58 Å². The Hall–Kier alpha value is -0.700. The first kappa shape index (κ1) is 11.3. The summed E-state index contributed by atoms with van der Waals surface area (Å²) in [6.07, 6.45) is 1.74. The first-order valence-electron chi connectivity index (χ1n) is 3.81. The van der Waals surface area contributed by atoms with Crippen LogP contribution in [0.4, 0.5) is 0 Å². The maximum atomic E-state index is 10.1. The summed E-state index contributed by atoms with van der Waals surface area (Å²) in [5.41, 5.74) is 0. The predicted molar refractivity (Wildman–Crippen MR) is 49.1 cm³/mol. The topological polar surface area (TPSA) is 40.5 Å². The van der Waals surface area contributed by atoms with Crippen molar-refractivity contribution in [2.24, 2.45) is 0 Å². The third-order valence-corrected chi connectivity index (χ3v) is 1.84. The zero-order chi connectivity index (χ0) is 9.56. The summed E-state index contributed by atoms with van der Waals surface area (Å²) in [6, 6.07) is 0. The Morgan fingerprint density at radius 1 is 1.58 bits per heavy atom. The van der Waals surface area contributed by atoms with E-state index in [9.17, 15) is 4.79 Å². The van der Waals surface area contributed by atoms with Crippen LogP contribution in [0.25, 0.3) is 0 Å². The average molecular weight is 192 g/mol. The van der Waals surface area contributed by atoms with Crippen LogP contribution in [0.1, 0.15) is 19.3 Å². The Balaban J connectivity index is 3.31. The minimum atomic E-state index is -0.748. The maximum Gasteiger partial charge on any atom is 0.303 e. The molecule has 0 aliphatic rings. The molecule has 4 heteroatoms. The lowest BCUT2D eigenvalue weighted by atomic mass is 10.2. The second-order valence-electron chi connectivity index (χ2n) is 2.65. The highest BCUT2D eigenvalue weighted by Crippen LogP contribution is 2.05. The van der Waals surface area contributed by atoms with Gasteiger partial charge in [-0.3, -0.25) is 4.79 Å². The average Bonchev–Trinajstić information content (AvgIpc) is 1.97. The molecular weight excluding hydrogens is 178 g/mol. The van der Waals surface area contributed by atoms with Gasteiger partial charge in [0.2, 0.25) is 0 Å². The van der Waals surface area contributed by atoms with Crippen LogP contribution in [0.15, 0.2) is 11.7 Å². The van der Waals surface area contributed by atoms with Crippen molar-refractivity contribution in [3.8, 4) is 0 Å². The lowest BCUT2D eigenvalue weighted by Gasteiger charge is -2.15. The monoisotopic (exact) mass is 191 g/mol. The molecule has 0 aromatic carbocycles. The molecule has 0 rings (SSSR count). The Labute approximate surface area is 77.6 Å². The SMILES string of the molecule is C=C(Cl)N(C)CCCCC(=O)O. The van der Waals surface area contributed by atoms with Crippen LogP contribution in [0.2, 0.25) is 0 Å². The molecule has 0 aliphatic heterocycles. The van der Waals surface area contributed by atoms with Crippen LogP contribution in [-0.4, -0.2) is 29.6 Å². The van der Waals surface area contributed by atoms with E-state index in [0.717, 1.165) is 13.0 Å². The lowest BCUT2D eigenvalue weighted by Crippen LogP contribution is -2.15. The predicted octanol–water partition coefficient (Wildman–Crippen LogP) is 1.88. The smallest absolute Gasteiger partial charge is 0.303 e. The summed E-state index contributed by atoms with van der Waals surface area (Å²) in [4.78, 5) is 11.9. The number of carboxylic acid groups (broad SMARTS) is 1. The third kappa shape index (κ3) is 6.04. The molecule has 1 N–H and O–H groups in total. The zero-order valence-corrected chi connectivity index (χ0v) is 7.97. The Morgan fingerprint density at radius 3 is 2.58 bits per heavy atom. The number of unbranched alkanes of at least 4 members (excludes halogenated alkanes) is 1. The zero-order valence-electron chi connectivity index (χ0n) is 7.22. The molecule has 0 saturated carbocycles. The largest absolute Gasteiger partial charge is 0.481 e. The Kier molecular flexibility index (Phi) is 5.54. The van der Waals surface area contributed by atoms with Gasteiger partial charge in [-0.15, -0.1) is 0 Å². The quantitative estimate of drug-likeness (QED) is 0.515. The highest BCUT2D eigenvalue weighted by molar-refractivity contribution is 6.28. The van der Waals surface area contributed by atoms with Crippen LogP contribution in [-0.2, 0) is 4.79 Å². The van der Waals surface area contributed by atoms with Crippen LogP contribution in [0.5, 0.6) is 0 Å². The van der Waals surface area contributed by atoms with Gasteiger partial charge in [0.15, 0.2) is 0 Å². The number of carbonyl (C=O) groups is 1. The van der Waals surface area contributed by atoms with Crippen molar-refractivity contribution in [2.45, 2.75) is 19.3 Å². The first-order chi connectivity index (χ1) is 5.54. The molecule has 0 heterocycles. The fraction of sp³-hybridized carbons (Fsp3) is 0.625. The van der Waals surface area contributed by atoms with Crippen molar-refractivity contribution in [2.75, 3.05) is 13.6 Å². The summed E-state index contributed by atoms with van der Waals surface area (Å²) in [5.74, 6) is -0.748. The normalized spacial score (nSPS) is 9.50. The molecule has 12 heavy (non-hydrogen) atoms. The van der Waals surface area contributed by atoms with E-state index in [0.29, 0.717) is 11.6 Å². The second-order valence-corrected chi connectivity index (χ2v) is 3.08. The van der Waals surface area contributed by atoms with E-state index >= 15 is 0 Å². The van der Waals surface area contributed by atoms with Gasteiger partial charge in [-0.1, -0.05) is 18.2 Å². The molecule has 0 saturated heterocycles. The molecule has 0 fully saturated rings. The summed E-state index contributed by atoms with van der Waals surface area (Å²) in [6.45, 7) is 4.30. The molecule has 0 aromatic rings. The summed E-state index contributed by atoms with van der Waals surface area (Å²) in [7, 11) is 1.83. The summed E-state index contributed by atoms with van der Waals surface area (Å²) >= 11 is 5.58. The number of hydrogen-bond acceptors (Lipinski definition) is 2. The highest BCUT2D eigenvalue weighted by Gasteiger charge is 1.99. The second kappa shape index (κ2) is 5.89. The van der Waals surface area contributed by atoms with Gasteiger partial charge < -0.3 is 10.0 Å². The van der Waals surface area contributed by atoms with E-state index in [1.807, 2.05) is 7.05 Å². The number of rotatable bonds is 6.